The number of ether oxygens (including phenoxy) is 1. The second-order valence-electron chi connectivity index (χ2n) is 5.81. The van der Waals surface area contributed by atoms with Crippen molar-refractivity contribution >= 4 is 38.5 Å². The summed E-state index contributed by atoms with van der Waals surface area (Å²) in [6.07, 6.45) is 1.00. The van der Waals surface area contributed by atoms with Crippen LogP contribution < -0.4 is 15.9 Å². The molecular formula is C18H13BrF2N2O5. The number of carbonyl (C=O) groups is 1. The van der Waals surface area contributed by atoms with E-state index in [4.69, 9.17) is 10.5 Å². The number of nitrogens with zero attached hydrogens (tertiary/aromatic N) is 1. The predicted octanol–water partition coefficient (Wildman–Crippen LogP) is 2.81. The van der Waals surface area contributed by atoms with Crippen LogP contribution in [-0.2, 0) is 6.61 Å². The number of rotatable bonds is 4. The molecule has 4 N–H and O–H groups in total. The maximum Gasteiger partial charge on any atom is 0.341 e. The Bertz CT molecular complexity index is 1190. The number of aliphatic hydroxyl groups is 1. The SMILES string of the molecule is COc1c(F)cc2c(=O)c(C(=O)O)cn(-c3cc(N)c(F)cc3CO)c2c1Br. The number of carboxylic acid groups (broad SMARTS) is 1. The third-order valence-electron chi connectivity index (χ3n) is 4.20. The number of anilines is 1. The van der Waals surface area contributed by atoms with E-state index in [2.05, 4.69) is 15.9 Å². The zero-order valence-electron chi connectivity index (χ0n) is 14.3. The van der Waals surface area contributed by atoms with Crippen LogP contribution in [0.15, 0.2) is 33.7 Å². The van der Waals surface area contributed by atoms with E-state index in [1.165, 1.54) is 17.7 Å². The number of halogens is 3. The van der Waals surface area contributed by atoms with Crippen LogP contribution in [0.25, 0.3) is 16.6 Å². The Balaban J connectivity index is 2.60. The Kier molecular flexibility index (Phi) is 5.09. The average Bonchev–Trinajstić information content (AvgIpc) is 2.64. The van der Waals surface area contributed by atoms with Gasteiger partial charge in [0.15, 0.2) is 11.6 Å². The average molecular weight is 455 g/mol. The molecule has 1 heterocycles. The van der Waals surface area contributed by atoms with Crippen LogP contribution in [0.3, 0.4) is 0 Å². The number of nitrogens with two attached hydrogens (primary N) is 1. The number of hydrogen-bond donors (Lipinski definition) is 3. The van der Waals surface area contributed by atoms with Crippen LogP contribution >= 0.6 is 15.9 Å². The fourth-order valence-electron chi connectivity index (χ4n) is 2.90. The topological polar surface area (TPSA) is 115 Å². The summed E-state index contributed by atoms with van der Waals surface area (Å²) < 4.78 is 34.4. The van der Waals surface area contributed by atoms with Crippen LogP contribution in [0.5, 0.6) is 5.75 Å². The second-order valence-corrected chi connectivity index (χ2v) is 6.60. The molecule has 0 fully saturated rings. The Morgan fingerprint density at radius 3 is 2.54 bits per heavy atom. The number of aromatic carboxylic acids is 1. The summed E-state index contributed by atoms with van der Waals surface area (Å²) in [4.78, 5) is 24.1. The van der Waals surface area contributed by atoms with Gasteiger partial charge in [0.05, 0.1) is 40.5 Å². The van der Waals surface area contributed by atoms with Gasteiger partial charge >= 0.3 is 5.97 Å². The summed E-state index contributed by atoms with van der Waals surface area (Å²) in [6, 6.07) is 3.03. The molecule has 0 aliphatic heterocycles. The van der Waals surface area contributed by atoms with Crippen LogP contribution in [0, 0.1) is 11.6 Å². The number of pyridine rings is 1. The lowest BCUT2D eigenvalue weighted by molar-refractivity contribution is 0.0695. The monoisotopic (exact) mass is 454 g/mol. The van der Waals surface area contributed by atoms with E-state index in [0.29, 0.717) is 0 Å². The highest BCUT2D eigenvalue weighted by Crippen LogP contribution is 2.37. The van der Waals surface area contributed by atoms with Crippen molar-refractivity contribution in [3.8, 4) is 11.4 Å². The van der Waals surface area contributed by atoms with Gasteiger partial charge in [0.2, 0.25) is 5.43 Å². The third kappa shape index (κ3) is 3.00. The predicted molar refractivity (Wildman–Crippen MR) is 101 cm³/mol. The number of benzene rings is 2. The molecule has 0 atom stereocenters. The molecule has 2 aromatic carbocycles. The first-order valence-electron chi connectivity index (χ1n) is 7.75. The van der Waals surface area contributed by atoms with E-state index in [-0.39, 0.29) is 38.1 Å². The Morgan fingerprint density at radius 1 is 1.29 bits per heavy atom. The smallest absolute Gasteiger partial charge is 0.341 e. The fraction of sp³-hybridized carbons (Fsp3) is 0.111. The van der Waals surface area contributed by atoms with Crippen molar-refractivity contribution in [1.29, 1.82) is 0 Å². The van der Waals surface area contributed by atoms with Gasteiger partial charge in [0, 0.05) is 11.8 Å². The van der Waals surface area contributed by atoms with E-state index >= 15 is 0 Å². The molecule has 1 aromatic heterocycles. The maximum atomic E-state index is 14.3. The first kappa shape index (κ1) is 19.8. The summed E-state index contributed by atoms with van der Waals surface area (Å²) in [5, 5.41) is 18.7. The number of aliphatic hydroxyl groups excluding tert-OH is 1. The molecule has 0 bridgehead atoms. The molecule has 3 rings (SSSR count). The van der Waals surface area contributed by atoms with Crippen LogP contribution in [0.1, 0.15) is 15.9 Å². The van der Waals surface area contributed by atoms with Gasteiger partial charge in [-0.1, -0.05) is 0 Å². The fourth-order valence-corrected chi connectivity index (χ4v) is 3.65. The van der Waals surface area contributed by atoms with E-state index in [1.54, 1.807) is 0 Å². The minimum atomic E-state index is -1.53. The van der Waals surface area contributed by atoms with Crippen LogP contribution in [0.2, 0.25) is 0 Å². The number of carboxylic acids is 1. The molecule has 0 amide bonds. The molecule has 28 heavy (non-hydrogen) atoms. The van der Waals surface area contributed by atoms with Gasteiger partial charge < -0.3 is 25.3 Å². The number of nitrogen functional groups attached to an aromatic ring is 1. The van der Waals surface area contributed by atoms with Crippen molar-refractivity contribution in [2.45, 2.75) is 6.61 Å². The van der Waals surface area contributed by atoms with Crippen molar-refractivity contribution in [3.63, 3.8) is 0 Å². The number of hydrogen-bond acceptors (Lipinski definition) is 5. The van der Waals surface area contributed by atoms with Gasteiger partial charge in [-0.25, -0.2) is 13.6 Å². The molecule has 0 saturated carbocycles. The number of fused-ring (bicyclic) bond motifs is 1. The molecule has 0 aliphatic carbocycles. The Labute approximate surface area is 164 Å². The summed E-state index contributed by atoms with van der Waals surface area (Å²) >= 11 is 3.18. The number of aromatic nitrogens is 1. The molecule has 3 aromatic rings. The van der Waals surface area contributed by atoms with Crippen molar-refractivity contribution in [2.24, 2.45) is 0 Å². The Morgan fingerprint density at radius 2 is 1.96 bits per heavy atom. The molecule has 0 aliphatic rings. The van der Waals surface area contributed by atoms with Gasteiger partial charge in [-0.2, -0.15) is 0 Å². The molecular weight excluding hydrogens is 442 g/mol. The van der Waals surface area contributed by atoms with E-state index < -0.39 is 35.2 Å². The lowest BCUT2D eigenvalue weighted by Gasteiger charge is -2.19. The normalized spacial score (nSPS) is 11.0. The lowest BCUT2D eigenvalue weighted by atomic mass is 10.1. The highest BCUT2D eigenvalue weighted by atomic mass is 79.9. The van der Waals surface area contributed by atoms with E-state index in [1.807, 2.05) is 0 Å². The highest BCUT2D eigenvalue weighted by Gasteiger charge is 2.23. The lowest BCUT2D eigenvalue weighted by Crippen LogP contribution is -2.20. The largest absolute Gasteiger partial charge is 0.492 e. The zero-order chi connectivity index (χ0) is 20.7. The van der Waals surface area contributed by atoms with Crippen molar-refractivity contribution in [1.82, 2.24) is 4.57 Å². The molecule has 0 saturated heterocycles. The maximum absolute atomic E-state index is 14.3. The van der Waals surface area contributed by atoms with Gasteiger partial charge in [-0.3, -0.25) is 4.79 Å². The van der Waals surface area contributed by atoms with Gasteiger partial charge in [0.1, 0.15) is 11.4 Å². The first-order valence-corrected chi connectivity index (χ1v) is 8.54. The van der Waals surface area contributed by atoms with Crippen LogP contribution in [0.4, 0.5) is 14.5 Å². The van der Waals surface area contributed by atoms with Gasteiger partial charge in [-0.15, -0.1) is 0 Å². The quantitative estimate of drug-likeness (QED) is 0.522. The van der Waals surface area contributed by atoms with Gasteiger partial charge in [-0.05, 0) is 34.1 Å². The molecule has 146 valence electrons. The molecule has 10 heteroatoms. The van der Waals surface area contributed by atoms with Gasteiger partial charge in [0.25, 0.3) is 0 Å². The molecule has 0 radical (unpaired) electrons. The van der Waals surface area contributed by atoms with Crippen molar-refractivity contribution in [3.05, 3.63) is 61.9 Å². The summed E-state index contributed by atoms with van der Waals surface area (Å²) in [6.45, 7) is -0.599. The summed E-state index contributed by atoms with van der Waals surface area (Å²) in [7, 11) is 1.22. The second kappa shape index (κ2) is 7.21. The van der Waals surface area contributed by atoms with E-state index in [0.717, 1.165) is 18.3 Å². The number of methoxy groups -OCH3 is 1. The highest BCUT2D eigenvalue weighted by molar-refractivity contribution is 9.10. The minimum Gasteiger partial charge on any atom is -0.492 e. The van der Waals surface area contributed by atoms with E-state index in [9.17, 15) is 28.6 Å². The van der Waals surface area contributed by atoms with Crippen molar-refractivity contribution < 1.29 is 28.5 Å². The third-order valence-corrected chi connectivity index (χ3v) is 4.94. The van der Waals surface area contributed by atoms with Crippen LogP contribution in [-0.4, -0.2) is 27.9 Å². The molecule has 0 spiro atoms. The molecule has 0 unspecified atom stereocenters. The van der Waals surface area contributed by atoms with Crippen molar-refractivity contribution in [2.75, 3.05) is 12.8 Å². The summed E-state index contributed by atoms with van der Waals surface area (Å²) in [5.41, 5.74) is 4.06. The molecule has 7 nitrogen and oxygen atoms in total. The zero-order valence-corrected chi connectivity index (χ0v) is 15.9. The first-order chi connectivity index (χ1) is 13.2. The Hall–Kier alpha value is -2.98. The minimum absolute atomic E-state index is 0.0332. The standard InChI is InChI=1S/C18H13BrF2N2O5/c1-28-17-11(21)3-8-15(14(17)19)23(5-9(16(8)25)18(26)27)13-4-12(22)10(20)2-7(13)6-24/h2-5,24H,6,22H2,1H3,(H,26,27). The summed E-state index contributed by atoms with van der Waals surface area (Å²) in [5.74, 6) is -3.41.